The number of hydrogen-bond acceptors (Lipinski definition) is 3. The van der Waals surface area contributed by atoms with Gasteiger partial charge in [-0.15, -0.1) is 0 Å². The van der Waals surface area contributed by atoms with Crippen LogP contribution in [0.5, 0.6) is 0 Å². The molecule has 1 aromatic heterocycles. The monoisotopic (exact) mass is 423 g/mol. The molecule has 160 valence electrons. The molecular weight excluding hydrogens is 404 g/mol. The second-order valence-electron chi connectivity index (χ2n) is 6.34. The Morgan fingerprint density at radius 2 is 1.62 bits per heavy atom. The first-order chi connectivity index (χ1) is 13.3. The maximum absolute atomic E-state index is 12.9. The molecule has 1 heterocycles. The van der Waals surface area contributed by atoms with E-state index in [1.54, 1.807) is 18.5 Å². The van der Waals surface area contributed by atoms with E-state index in [0.29, 0.717) is 42.2 Å². The van der Waals surface area contributed by atoms with E-state index in [1.165, 1.54) is 7.11 Å². The number of amides is 1. The van der Waals surface area contributed by atoms with Gasteiger partial charge in [0.2, 0.25) is 0 Å². The van der Waals surface area contributed by atoms with Gasteiger partial charge in [0.25, 0.3) is 5.91 Å². The number of carbonyl (C=O) groups is 1. The molecule has 0 saturated heterocycles. The highest BCUT2D eigenvalue weighted by Crippen LogP contribution is 2.36. The fraction of sp³-hybridized carbons (Fsp3) is 0.444. The molecule has 0 fully saturated rings. The summed E-state index contributed by atoms with van der Waals surface area (Å²) in [6.07, 6.45) is -10.0. The average molecular weight is 423 g/mol. The van der Waals surface area contributed by atoms with Crippen molar-refractivity contribution in [2.75, 3.05) is 13.7 Å². The summed E-state index contributed by atoms with van der Waals surface area (Å²) in [5.74, 6) is -1.05. The number of rotatable bonds is 6. The van der Waals surface area contributed by atoms with Crippen molar-refractivity contribution >= 4 is 5.91 Å². The van der Waals surface area contributed by atoms with Gasteiger partial charge in [-0.2, -0.15) is 31.4 Å². The summed E-state index contributed by atoms with van der Waals surface area (Å²) in [4.78, 5) is 12.3. The summed E-state index contributed by atoms with van der Waals surface area (Å²) in [6.45, 7) is 4.19. The van der Waals surface area contributed by atoms with Gasteiger partial charge < -0.3 is 10.1 Å². The summed E-state index contributed by atoms with van der Waals surface area (Å²) in [5.41, 5.74) is -1.90. The molecule has 1 aromatic carbocycles. The molecule has 0 atom stereocenters. The van der Waals surface area contributed by atoms with Crippen LogP contribution in [0.15, 0.2) is 18.2 Å². The van der Waals surface area contributed by atoms with Gasteiger partial charge in [0.15, 0.2) is 0 Å². The Kier molecular flexibility index (Phi) is 6.61. The minimum atomic E-state index is -5.02. The predicted molar refractivity (Wildman–Crippen MR) is 91.2 cm³/mol. The summed E-state index contributed by atoms with van der Waals surface area (Å²) < 4.78 is 84.3. The van der Waals surface area contributed by atoms with Gasteiger partial charge in [-0.3, -0.25) is 9.48 Å². The minimum Gasteiger partial charge on any atom is -0.383 e. The zero-order chi connectivity index (χ0) is 22.0. The highest BCUT2D eigenvalue weighted by Gasteiger charge is 2.37. The first-order valence-corrected chi connectivity index (χ1v) is 8.44. The van der Waals surface area contributed by atoms with Crippen molar-refractivity contribution in [3.8, 4) is 0 Å². The first kappa shape index (κ1) is 22.7. The van der Waals surface area contributed by atoms with Gasteiger partial charge >= 0.3 is 12.4 Å². The molecule has 0 bridgehead atoms. The van der Waals surface area contributed by atoms with Crippen LogP contribution in [0.4, 0.5) is 26.3 Å². The Morgan fingerprint density at radius 3 is 2.10 bits per heavy atom. The number of alkyl halides is 6. The third-order valence-corrected chi connectivity index (χ3v) is 4.31. The SMILES string of the molecule is COCCn1nc(C)c(CNC(=O)c2cc(C(F)(F)F)cc(C(F)(F)F)c2)c1C. The average Bonchev–Trinajstić information content (AvgIpc) is 2.89. The van der Waals surface area contributed by atoms with Gasteiger partial charge in [-0.25, -0.2) is 0 Å². The molecule has 29 heavy (non-hydrogen) atoms. The number of benzene rings is 1. The zero-order valence-corrected chi connectivity index (χ0v) is 15.8. The van der Waals surface area contributed by atoms with Crippen LogP contribution < -0.4 is 5.32 Å². The lowest BCUT2D eigenvalue weighted by atomic mass is 10.0. The van der Waals surface area contributed by atoms with E-state index in [-0.39, 0.29) is 12.6 Å². The molecule has 0 spiro atoms. The summed E-state index contributed by atoms with van der Waals surface area (Å²) >= 11 is 0. The predicted octanol–water partition coefficient (Wildman–Crippen LogP) is 4.11. The van der Waals surface area contributed by atoms with Gasteiger partial charge in [-0.05, 0) is 32.0 Å². The molecule has 5 nitrogen and oxygen atoms in total. The zero-order valence-electron chi connectivity index (χ0n) is 15.8. The second kappa shape index (κ2) is 8.44. The van der Waals surface area contributed by atoms with E-state index in [2.05, 4.69) is 10.4 Å². The number of halogens is 6. The van der Waals surface area contributed by atoms with Crippen molar-refractivity contribution in [2.45, 2.75) is 39.3 Å². The molecule has 0 saturated carbocycles. The van der Waals surface area contributed by atoms with Crippen LogP contribution in [0.2, 0.25) is 0 Å². The molecule has 1 amide bonds. The maximum atomic E-state index is 12.9. The van der Waals surface area contributed by atoms with Gasteiger partial charge in [0.1, 0.15) is 0 Å². The number of ether oxygens (including phenoxy) is 1. The summed E-state index contributed by atoms with van der Waals surface area (Å²) in [7, 11) is 1.52. The number of nitrogens with one attached hydrogen (secondary N) is 1. The van der Waals surface area contributed by atoms with Crippen LogP contribution in [0, 0.1) is 13.8 Å². The van der Waals surface area contributed by atoms with Crippen LogP contribution in [0.3, 0.4) is 0 Å². The van der Waals surface area contributed by atoms with Gasteiger partial charge in [0.05, 0.1) is 30.0 Å². The normalized spacial score (nSPS) is 12.3. The number of aryl methyl sites for hydroxylation is 1. The Labute approximate surface area is 162 Å². The largest absolute Gasteiger partial charge is 0.416 e. The van der Waals surface area contributed by atoms with E-state index in [9.17, 15) is 31.1 Å². The lowest BCUT2D eigenvalue weighted by Crippen LogP contribution is -2.25. The van der Waals surface area contributed by atoms with Gasteiger partial charge in [-0.1, -0.05) is 0 Å². The van der Waals surface area contributed by atoms with Crippen molar-refractivity contribution < 1.29 is 35.9 Å². The molecule has 11 heteroatoms. The van der Waals surface area contributed by atoms with E-state index < -0.39 is 35.0 Å². The lowest BCUT2D eigenvalue weighted by Gasteiger charge is -2.14. The third kappa shape index (κ3) is 5.49. The Morgan fingerprint density at radius 1 is 1.07 bits per heavy atom. The van der Waals surface area contributed by atoms with Crippen LogP contribution in [0.1, 0.15) is 38.4 Å². The number of carbonyl (C=O) groups excluding carboxylic acids is 1. The molecule has 1 N–H and O–H groups in total. The highest BCUT2D eigenvalue weighted by molar-refractivity contribution is 5.94. The summed E-state index contributed by atoms with van der Waals surface area (Å²) in [5, 5.41) is 6.64. The first-order valence-electron chi connectivity index (χ1n) is 8.44. The molecule has 0 aliphatic rings. The second-order valence-corrected chi connectivity index (χ2v) is 6.34. The third-order valence-electron chi connectivity index (χ3n) is 4.31. The number of aromatic nitrogens is 2. The van der Waals surface area contributed by atoms with Crippen LogP contribution in [0.25, 0.3) is 0 Å². The number of hydrogen-bond donors (Lipinski definition) is 1. The number of methoxy groups -OCH3 is 1. The minimum absolute atomic E-state index is 0.0229. The Bertz CT molecular complexity index is 855. The Balaban J connectivity index is 2.26. The standard InChI is InChI=1S/C18H19F6N3O2/c1-10-15(11(2)27(26-10)4-5-29-3)9-25-16(28)12-6-13(17(19,20)21)8-14(7-12)18(22,23)24/h6-8H,4-5,9H2,1-3H3,(H,25,28). The van der Waals surface area contributed by atoms with E-state index >= 15 is 0 Å². The Hall–Kier alpha value is -2.56. The summed E-state index contributed by atoms with van der Waals surface area (Å²) in [6, 6.07) is 0.767. The van der Waals surface area contributed by atoms with E-state index in [1.807, 2.05) is 0 Å². The molecular formula is C18H19F6N3O2. The van der Waals surface area contributed by atoms with Crippen molar-refractivity contribution in [1.29, 1.82) is 0 Å². The fourth-order valence-corrected chi connectivity index (χ4v) is 2.74. The molecule has 0 aliphatic heterocycles. The van der Waals surface area contributed by atoms with Crippen molar-refractivity contribution in [2.24, 2.45) is 0 Å². The van der Waals surface area contributed by atoms with Crippen molar-refractivity contribution in [1.82, 2.24) is 15.1 Å². The van der Waals surface area contributed by atoms with Crippen LogP contribution in [-0.4, -0.2) is 29.4 Å². The topological polar surface area (TPSA) is 56.1 Å². The van der Waals surface area contributed by atoms with Crippen molar-refractivity contribution in [3.05, 3.63) is 51.8 Å². The molecule has 2 aromatic rings. The van der Waals surface area contributed by atoms with E-state index in [4.69, 9.17) is 4.74 Å². The maximum Gasteiger partial charge on any atom is 0.416 e. The fourth-order valence-electron chi connectivity index (χ4n) is 2.74. The molecule has 0 aliphatic carbocycles. The lowest BCUT2D eigenvalue weighted by molar-refractivity contribution is -0.143. The highest BCUT2D eigenvalue weighted by atomic mass is 19.4. The van der Waals surface area contributed by atoms with Crippen LogP contribution in [-0.2, 0) is 30.2 Å². The molecule has 0 radical (unpaired) electrons. The molecule has 0 unspecified atom stereocenters. The molecule has 2 rings (SSSR count). The number of nitrogens with zero attached hydrogens (tertiary/aromatic N) is 2. The van der Waals surface area contributed by atoms with Crippen molar-refractivity contribution in [3.63, 3.8) is 0 Å². The van der Waals surface area contributed by atoms with Gasteiger partial charge in [0, 0.05) is 30.5 Å². The smallest absolute Gasteiger partial charge is 0.383 e. The van der Waals surface area contributed by atoms with Crippen LogP contribution >= 0.6 is 0 Å². The quantitative estimate of drug-likeness (QED) is 0.712. The van der Waals surface area contributed by atoms with E-state index in [0.717, 1.165) is 0 Å².